The maximum Gasteiger partial charge on any atom is 0.247 e. The standard InChI is InChI=1S/C7H8N4/c1-9-6-4-10-11(7(6)8)5-2-3-5/h4-5H,2-3,8H2. The molecule has 1 saturated carbocycles. The van der Waals surface area contributed by atoms with Gasteiger partial charge in [-0.25, -0.2) is 4.85 Å². The van der Waals surface area contributed by atoms with Crippen LogP contribution in [-0.2, 0) is 0 Å². The molecule has 0 unspecified atom stereocenters. The molecule has 0 saturated heterocycles. The first-order valence-corrected chi connectivity index (χ1v) is 3.53. The SMILES string of the molecule is [C-]#[N+]c1cnn(C2CC2)c1N. The van der Waals surface area contributed by atoms with Gasteiger partial charge in [0.2, 0.25) is 5.69 Å². The van der Waals surface area contributed by atoms with Crippen LogP contribution in [-0.4, -0.2) is 9.78 Å². The van der Waals surface area contributed by atoms with E-state index in [4.69, 9.17) is 12.3 Å². The van der Waals surface area contributed by atoms with E-state index in [2.05, 4.69) is 9.94 Å². The van der Waals surface area contributed by atoms with Crippen LogP contribution in [0.5, 0.6) is 0 Å². The molecule has 56 valence electrons. The maximum absolute atomic E-state index is 6.75. The third kappa shape index (κ3) is 0.855. The van der Waals surface area contributed by atoms with E-state index in [1.807, 2.05) is 0 Å². The molecule has 4 heteroatoms. The smallest absolute Gasteiger partial charge is 0.247 e. The Kier molecular flexibility index (Phi) is 1.13. The predicted molar refractivity (Wildman–Crippen MR) is 41.2 cm³/mol. The summed E-state index contributed by atoms with van der Waals surface area (Å²) in [5.41, 5.74) is 6.11. The minimum atomic E-state index is 0.463. The van der Waals surface area contributed by atoms with E-state index in [1.165, 1.54) is 6.20 Å². The molecule has 0 aromatic carbocycles. The second-order valence-electron chi connectivity index (χ2n) is 2.70. The van der Waals surface area contributed by atoms with Crippen molar-refractivity contribution in [1.82, 2.24) is 9.78 Å². The summed E-state index contributed by atoms with van der Waals surface area (Å²) in [6.45, 7) is 6.75. The van der Waals surface area contributed by atoms with Crippen LogP contribution in [0, 0.1) is 6.57 Å². The van der Waals surface area contributed by atoms with Gasteiger partial charge in [-0.2, -0.15) is 5.10 Å². The molecule has 0 spiro atoms. The van der Waals surface area contributed by atoms with Gasteiger partial charge in [-0.1, -0.05) is 0 Å². The predicted octanol–water partition coefficient (Wildman–Crippen LogP) is 1.35. The van der Waals surface area contributed by atoms with Crippen molar-refractivity contribution in [2.24, 2.45) is 0 Å². The largest absolute Gasteiger partial charge is 0.393 e. The molecule has 0 radical (unpaired) electrons. The molecule has 1 aromatic rings. The van der Waals surface area contributed by atoms with E-state index < -0.39 is 0 Å². The quantitative estimate of drug-likeness (QED) is 0.611. The van der Waals surface area contributed by atoms with Crippen LogP contribution in [0.15, 0.2) is 6.20 Å². The normalized spacial score (nSPS) is 16.3. The molecular weight excluding hydrogens is 140 g/mol. The molecule has 1 aliphatic carbocycles. The van der Waals surface area contributed by atoms with Crippen LogP contribution in [0.4, 0.5) is 11.5 Å². The average Bonchev–Trinajstić information content (AvgIpc) is 2.77. The van der Waals surface area contributed by atoms with Crippen molar-refractivity contribution in [2.75, 3.05) is 5.73 Å². The Morgan fingerprint density at radius 3 is 2.91 bits per heavy atom. The summed E-state index contributed by atoms with van der Waals surface area (Å²) >= 11 is 0. The summed E-state index contributed by atoms with van der Waals surface area (Å²) in [7, 11) is 0. The van der Waals surface area contributed by atoms with Gasteiger partial charge in [-0.15, -0.1) is 0 Å². The first-order valence-electron chi connectivity index (χ1n) is 3.53. The number of rotatable bonds is 1. The third-order valence-corrected chi connectivity index (χ3v) is 1.83. The minimum Gasteiger partial charge on any atom is -0.393 e. The lowest BCUT2D eigenvalue weighted by Crippen LogP contribution is -2.01. The Morgan fingerprint density at radius 1 is 1.73 bits per heavy atom. The number of hydrogen-bond acceptors (Lipinski definition) is 2. The minimum absolute atomic E-state index is 0.463. The summed E-state index contributed by atoms with van der Waals surface area (Å²) in [5.74, 6) is 0.516. The molecule has 2 rings (SSSR count). The Balaban J connectivity index is 2.42. The second kappa shape index (κ2) is 1.99. The molecule has 0 bridgehead atoms. The van der Waals surface area contributed by atoms with Gasteiger partial charge in [0.25, 0.3) is 0 Å². The molecule has 1 heterocycles. The van der Waals surface area contributed by atoms with Gasteiger partial charge < -0.3 is 5.73 Å². The fourth-order valence-electron chi connectivity index (χ4n) is 1.06. The Labute approximate surface area is 64.4 Å². The molecule has 0 aliphatic heterocycles. The molecule has 1 aromatic heterocycles. The van der Waals surface area contributed by atoms with Gasteiger partial charge in [0.15, 0.2) is 0 Å². The van der Waals surface area contributed by atoms with E-state index >= 15 is 0 Å². The number of anilines is 1. The van der Waals surface area contributed by atoms with Gasteiger partial charge >= 0.3 is 0 Å². The zero-order valence-electron chi connectivity index (χ0n) is 5.99. The Morgan fingerprint density at radius 2 is 2.45 bits per heavy atom. The highest BCUT2D eigenvalue weighted by Gasteiger charge is 2.26. The summed E-state index contributed by atoms with van der Waals surface area (Å²) < 4.78 is 1.74. The van der Waals surface area contributed by atoms with Crippen molar-refractivity contribution in [3.63, 3.8) is 0 Å². The fourth-order valence-corrected chi connectivity index (χ4v) is 1.06. The number of nitrogens with two attached hydrogens (primary N) is 1. The molecule has 11 heavy (non-hydrogen) atoms. The van der Waals surface area contributed by atoms with E-state index in [-0.39, 0.29) is 0 Å². The van der Waals surface area contributed by atoms with Crippen LogP contribution in [0.25, 0.3) is 4.85 Å². The van der Waals surface area contributed by atoms with Crippen molar-refractivity contribution in [3.05, 3.63) is 17.6 Å². The van der Waals surface area contributed by atoms with Gasteiger partial charge in [0.05, 0.1) is 18.8 Å². The number of aromatic nitrogens is 2. The molecular formula is C7H8N4. The second-order valence-corrected chi connectivity index (χ2v) is 2.70. The van der Waals surface area contributed by atoms with Gasteiger partial charge in [0, 0.05) is 0 Å². The fraction of sp³-hybridized carbons (Fsp3) is 0.429. The zero-order valence-corrected chi connectivity index (χ0v) is 5.99. The van der Waals surface area contributed by atoms with Crippen LogP contribution in [0.1, 0.15) is 18.9 Å². The average molecular weight is 148 g/mol. The number of hydrogen-bond donors (Lipinski definition) is 1. The van der Waals surface area contributed by atoms with Crippen LogP contribution in [0.2, 0.25) is 0 Å². The maximum atomic E-state index is 6.75. The Bertz CT molecular complexity index is 316. The Hall–Kier alpha value is -1.50. The van der Waals surface area contributed by atoms with Gasteiger partial charge in [0.1, 0.15) is 5.82 Å². The summed E-state index contributed by atoms with van der Waals surface area (Å²) in [6.07, 6.45) is 3.81. The zero-order chi connectivity index (χ0) is 7.84. The first-order chi connectivity index (χ1) is 5.33. The van der Waals surface area contributed by atoms with E-state index in [0.717, 1.165) is 12.8 Å². The molecule has 0 atom stereocenters. The topological polar surface area (TPSA) is 48.2 Å². The summed E-state index contributed by atoms with van der Waals surface area (Å²) in [5, 5.41) is 4.03. The monoisotopic (exact) mass is 148 g/mol. The van der Waals surface area contributed by atoms with Crippen LogP contribution >= 0.6 is 0 Å². The molecule has 4 nitrogen and oxygen atoms in total. The van der Waals surface area contributed by atoms with E-state index in [9.17, 15) is 0 Å². The lowest BCUT2D eigenvalue weighted by molar-refractivity contribution is 0.652. The van der Waals surface area contributed by atoms with Gasteiger partial charge in [-0.3, -0.25) is 4.68 Å². The van der Waals surface area contributed by atoms with Crippen LogP contribution < -0.4 is 5.73 Å². The van der Waals surface area contributed by atoms with Crippen molar-refractivity contribution >= 4 is 11.5 Å². The van der Waals surface area contributed by atoms with Crippen molar-refractivity contribution in [1.29, 1.82) is 0 Å². The highest BCUT2D eigenvalue weighted by Crippen LogP contribution is 2.38. The van der Waals surface area contributed by atoms with Crippen LogP contribution in [0.3, 0.4) is 0 Å². The lowest BCUT2D eigenvalue weighted by Gasteiger charge is -1.99. The number of nitrogens with zero attached hydrogens (tertiary/aromatic N) is 3. The number of nitrogen functional groups attached to an aromatic ring is 1. The molecule has 0 amide bonds. The summed E-state index contributed by atoms with van der Waals surface area (Å²) in [4.78, 5) is 3.24. The summed E-state index contributed by atoms with van der Waals surface area (Å²) in [6, 6.07) is 0.463. The molecule has 1 fully saturated rings. The van der Waals surface area contributed by atoms with Crippen molar-refractivity contribution in [2.45, 2.75) is 18.9 Å². The van der Waals surface area contributed by atoms with Crippen molar-refractivity contribution < 1.29 is 0 Å². The highest BCUT2D eigenvalue weighted by molar-refractivity contribution is 5.62. The van der Waals surface area contributed by atoms with Gasteiger partial charge in [-0.05, 0) is 12.8 Å². The van der Waals surface area contributed by atoms with Crippen molar-refractivity contribution in [3.8, 4) is 0 Å². The molecule has 2 N–H and O–H groups in total. The lowest BCUT2D eigenvalue weighted by atomic mass is 10.5. The third-order valence-electron chi connectivity index (χ3n) is 1.83. The first kappa shape index (κ1) is 6.23. The molecule has 1 aliphatic rings. The highest BCUT2D eigenvalue weighted by atomic mass is 15.3. The van der Waals surface area contributed by atoms with E-state index in [0.29, 0.717) is 17.5 Å². The van der Waals surface area contributed by atoms with E-state index in [1.54, 1.807) is 4.68 Å².